The molecule has 6 heteroatoms. The van der Waals surface area contributed by atoms with Crippen molar-refractivity contribution in [1.82, 2.24) is 4.72 Å². The molecule has 2 rings (SSSR count). The number of hydrogen-bond donors (Lipinski definition) is 1. The number of ether oxygens (including phenoxy) is 2. The van der Waals surface area contributed by atoms with E-state index >= 15 is 0 Å². The normalized spacial score (nSPS) is 11.3. The standard InChI is InChI=1S/C17H21NO4S/c1-12-5-7-17(22-4)14(9-12)11-18-23(19,20)15-6-8-16(21-3)13(2)10-15/h5-10,18H,11H2,1-4H3. The van der Waals surface area contributed by atoms with Gasteiger partial charge in [0.1, 0.15) is 11.5 Å². The smallest absolute Gasteiger partial charge is 0.240 e. The van der Waals surface area contributed by atoms with E-state index in [0.717, 1.165) is 16.7 Å². The van der Waals surface area contributed by atoms with Gasteiger partial charge in [-0.1, -0.05) is 17.7 Å². The van der Waals surface area contributed by atoms with E-state index in [1.54, 1.807) is 33.3 Å². The number of sulfonamides is 1. The van der Waals surface area contributed by atoms with Crippen LogP contribution < -0.4 is 14.2 Å². The van der Waals surface area contributed by atoms with Gasteiger partial charge in [0.25, 0.3) is 0 Å². The molecule has 0 aliphatic rings. The monoisotopic (exact) mass is 335 g/mol. The van der Waals surface area contributed by atoms with Crippen molar-refractivity contribution < 1.29 is 17.9 Å². The molecule has 0 aromatic heterocycles. The summed E-state index contributed by atoms with van der Waals surface area (Å²) in [5.74, 6) is 1.31. The molecule has 0 spiro atoms. The summed E-state index contributed by atoms with van der Waals surface area (Å²) in [6.07, 6.45) is 0. The van der Waals surface area contributed by atoms with Crippen LogP contribution in [0.25, 0.3) is 0 Å². The lowest BCUT2D eigenvalue weighted by Gasteiger charge is -2.12. The van der Waals surface area contributed by atoms with Gasteiger partial charge in [0, 0.05) is 12.1 Å². The first-order valence-corrected chi connectivity index (χ1v) is 8.63. The van der Waals surface area contributed by atoms with Crippen molar-refractivity contribution >= 4 is 10.0 Å². The fraction of sp³-hybridized carbons (Fsp3) is 0.294. The molecule has 0 bridgehead atoms. The fourth-order valence-corrected chi connectivity index (χ4v) is 3.41. The van der Waals surface area contributed by atoms with Crippen molar-refractivity contribution in [2.24, 2.45) is 0 Å². The maximum atomic E-state index is 12.4. The first-order valence-electron chi connectivity index (χ1n) is 7.15. The molecule has 0 radical (unpaired) electrons. The van der Waals surface area contributed by atoms with Gasteiger partial charge >= 0.3 is 0 Å². The molecule has 0 saturated heterocycles. The third-order valence-electron chi connectivity index (χ3n) is 3.57. The fourth-order valence-electron chi connectivity index (χ4n) is 2.32. The molecule has 0 heterocycles. The number of benzene rings is 2. The van der Waals surface area contributed by atoms with Crippen LogP contribution in [0.1, 0.15) is 16.7 Å². The molecule has 0 aliphatic heterocycles. The van der Waals surface area contributed by atoms with E-state index in [0.29, 0.717) is 11.5 Å². The number of hydrogen-bond acceptors (Lipinski definition) is 4. The Bertz CT molecular complexity index is 800. The zero-order chi connectivity index (χ0) is 17.0. The van der Waals surface area contributed by atoms with Gasteiger partial charge in [0.2, 0.25) is 10.0 Å². The van der Waals surface area contributed by atoms with Gasteiger partial charge < -0.3 is 9.47 Å². The van der Waals surface area contributed by atoms with E-state index in [9.17, 15) is 8.42 Å². The van der Waals surface area contributed by atoms with Crippen molar-refractivity contribution in [3.63, 3.8) is 0 Å². The topological polar surface area (TPSA) is 64.6 Å². The van der Waals surface area contributed by atoms with Gasteiger partial charge in [0.15, 0.2) is 0 Å². The van der Waals surface area contributed by atoms with Gasteiger partial charge in [-0.2, -0.15) is 0 Å². The summed E-state index contributed by atoms with van der Waals surface area (Å²) < 4.78 is 37.9. The van der Waals surface area contributed by atoms with Crippen LogP contribution in [0.3, 0.4) is 0 Å². The number of nitrogens with one attached hydrogen (secondary N) is 1. The third-order valence-corrected chi connectivity index (χ3v) is 4.96. The average molecular weight is 335 g/mol. The SMILES string of the molecule is COc1ccc(S(=O)(=O)NCc2cc(C)ccc2OC)cc1C. The lowest BCUT2D eigenvalue weighted by molar-refractivity contribution is 0.409. The lowest BCUT2D eigenvalue weighted by Crippen LogP contribution is -2.23. The van der Waals surface area contributed by atoms with Gasteiger partial charge in [-0.15, -0.1) is 0 Å². The second kappa shape index (κ2) is 7.02. The van der Waals surface area contributed by atoms with E-state index in [2.05, 4.69) is 4.72 Å². The van der Waals surface area contributed by atoms with Crippen LogP contribution in [0.2, 0.25) is 0 Å². The minimum Gasteiger partial charge on any atom is -0.496 e. The van der Waals surface area contributed by atoms with Crippen LogP contribution in [0.4, 0.5) is 0 Å². The summed E-state index contributed by atoms with van der Waals surface area (Å²) in [5.41, 5.74) is 2.60. The summed E-state index contributed by atoms with van der Waals surface area (Å²) in [7, 11) is -0.486. The first-order chi connectivity index (χ1) is 10.9. The average Bonchev–Trinajstić information content (AvgIpc) is 2.53. The van der Waals surface area contributed by atoms with E-state index in [1.807, 2.05) is 25.1 Å². The molecule has 2 aromatic rings. The minimum atomic E-state index is -3.60. The van der Waals surface area contributed by atoms with E-state index in [-0.39, 0.29) is 11.4 Å². The van der Waals surface area contributed by atoms with Gasteiger partial charge in [0.05, 0.1) is 19.1 Å². The van der Waals surface area contributed by atoms with Crippen LogP contribution in [-0.4, -0.2) is 22.6 Å². The Kier molecular flexibility index (Phi) is 5.28. The highest BCUT2D eigenvalue weighted by Gasteiger charge is 2.16. The highest BCUT2D eigenvalue weighted by molar-refractivity contribution is 7.89. The first kappa shape index (κ1) is 17.3. The Balaban J connectivity index is 2.22. The third kappa shape index (κ3) is 4.03. The quantitative estimate of drug-likeness (QED) is 0.882. The second-order valence-corrected chi connectivity index (χ2v) is 7.04. The van der Waals surface area contributed by atoms with Gasteiger partial charge in [-0.25, -0.2) is 13.1 Å². The molecule has 0 saturated carbocycles. The van der Waals surface area contributed by atoms with Gasteiger partial charge in [-0.3, -0.25) is 0 Å². The van der Waals surface area contributed by atoms with Crippen molar-refractivity contribution in [2.75, 3.05) is 14.2 Å². The van der Waals surface area contributed by atoms with Crippen LogP contribution in [0.5, 0.6) is 11.5 Å². The van der Waals surface area contributed by atoms with E-state index in [4.69, 9.17) is 9.47 Å². The number of aryl methyl sites for hydroxylation is 2. The zero-order valence-corrected chi connectivity index (χ0v) is 14.5. The second-order valence-electron chi connectivity index (χ2n) is 5.27. The highest BCUT2D eigenvalue weighted by Crippen LogP contribution is 2.23. The predicted octanol–water partition coefficient (Wildman–Crippen LogP) is 2.80. The van der Waals surface area contributed by atoms with Crippen molar-refractivity contribution in [2.45, 2.75) is 25.3 Å². The summed E-state index contributed by atoms with van der Waals surface area (Å²) in [4.78, 5) is 0.211. The molecule has 0 fully saturated rings. The van der Waals surface area contributed by atoms with E-state index < -0.39 is 10.0 Å². The highest BCUT2D eigenvalue weighted by atomic mass is 32.2. The molecule has 23 heavy (non-hydrogen) atoms. The molecule has 0 amide bonds. The summed E-state index contributed by atoms with van der Waals surface area (Å²) >= 11 is 0. The number of rotatable bonds is 6. The molecule has 124 valence electrons. The van der Waals surface area contributed by atoms with Crippen LogP contribution in [-0.2, 0) is 16.6 Å². The maximum Gasteiger partial charge on any atom is 0.240 e. The van der Waals surface area contributed by atoms with E-state index in [1.165, 1.54) is 6.07 Å². The van der Waals surface area contributed by atoms with Crippen molar-refractivity contribution in [3.8, 4) is 11.5 Å². The Labute approximate surface area is 137 Å². The Morgan fingerprint density at radius 2 is 1.61 bits per heavy atom. The Hall–Kier alpha value is -2.05. The molecular formula is C17H21NO4S. The molecular weight excluding hydrogens is 314 g/mol. The molecule has 0 aliphatic carbocycles. The Morgan fingerprint density at radius 3 is 2.22 bits per heavy atom. The van der Waals surface area contributed by atoms with Crippen LogP contribution in [0, 0.1) is 13.8 Å². The summed E-state index contributed by atoms with van der Waals surface area (Å²) in [6, 6.07) is 10.4. The molecule has 2 aromatic carbocycles. The minimum absolute atomic E-state index is 0.165. The van der Waals surface area contributed by atoms with Crippen LogP contribution >= 0.6 is 0 Å². The van der Waals surface area contributed by atoms with Crippen LogP contribution in [0.15, 0.2) is 41.3 Å². The maximum absolute atomic E-state index is 12.4. The molecule has 1 N–H and O–H groups in total. The van der Waals surface area contributed by atoms with Gasteiger partial charge in [-0.05, 0) is 43.7 Å². The summed E-state index contributed by atoms with van der Waals surface area (Å²) in [6.45, 7) is 3.92. The van der Waals surface area contributed by atoms with Crippen molar-refractivity contribution in [3.05, 3.63) is 53.1 Å². The Morgan fingerprint density at radius 1 is 0.957 bits per heavy atom. The molecule has 0 unspecified atom stereocenters. The van der Waals surface area contributed by atoms with Crippen molar-refractivity contribution in [1.29, 1.82) is 0 Å². The summed E-state index contributed by atoms with van der Waals surface area (Å²) in [5, 5.41) is 0. The zero-order valence-electron chi connectivity index (χ0n) is 13.7. The number of methoxy groups -OCH3 is 2. The largest absolute Gasteiger partial charge is 0.496 e. The lowest BCUT2D eigenvalue weighted by atomic mass is 10.1. The molecule has 0 atom stereocenters. The molecule has 5 nitrogen and oxygen atoms in total. The predicted molar refractivity (Wildman–Crippen MR) is 89.5 cm³/mol.